The number of amides is 2. The van der Waals surface area contributed by atoms with Gasteiger partial charge in [0.1, 0.15) is 0 Å². The fourth-order valence-corrected chi connectivity index (χ4v) is 3.36. The van der Waals surface area contributed by atoms with Gasteiger partial charge in [-0.2, -0.15) is 0 Å². The van der Waals surface area contributed by atoms with Crippen LogP contribution in [0.5, 0.6) is 0 Å². The minimum atomic E-state index is -0.277. The highest BCUT2D eigenvalue weighted by Gasteiger charge is 2.28. The minimum absolute atomic E-state index is 0.146. The molecule has 0 bridgehead atoms. The minimum Gasteiger partial charge on any atom is -0.369 e. The number of nitrogens with one attached hydrogen (secondary N) is 1. The number of primary amides is 1. The van der Waals surface area contributed by atoms with E-state index in [1.165, 1.54) is 0 Å². The van der Waals surface area contributed by atoms with E-state index in [9.17, 15) is 9.59 Å². The third kappa shape index (κ3) is 4.68. The summed E-state index contributed by atoms with van der Waals surface area (Å²) in [5.41, 5.74) is 5.36. The van der Waals surface area contributed by atoms with E-state index in [2.05, 4.69) is 10.2 Å². The summed E-state index contributed by atoms with van der Waals surface area (Å²) in [7, 11) is 1.99. The monoisotopic (exact) mass is 296 g/mol. The van der Waals surface area contributed by atoms with Gasteiger partial charge in [-0.05, 0) is 58.3 Å². The van der Waals surface area contributed by atoms with Gasteiger partial charge < -0.3 is 16.0 Å². The number of rotatable bonds is 5. The largest absolute Gasteiger partial charge is 0.369 e. The predicted molar refractivity (Wildman–Crippen MR) is 81.6 cm³/mol. The molecule has 0 aromatic carbocycles. The van der Waals surface area contributed by atoms with E-state index in [0.717, 1.165) is 57.8 Å². The number of carbonyl (C=O) groups excluding carboxylic acids is 2. The molecule has 2 heterocycles. The number of likely N-dealkylation sites (tertiary alicyclic amines) is 2. The van der Waals surface area contributed by atoms with Crippen LogP contribution in [-0.4, -0.2) is 67.9 Å². The van der Waals surface area contributed by atoms with Crippen LogP contribution in [0.3, 0.4) is 0 Å². The third-order valence-electron chi connectivity index (χ3n) is 4.74. The van der Waals surface area contributed by atoms with E-state index < -0.39 is 0 Å². The molecule has 21 heavy (non-hydrogen) atoms. The van der Waals surface area contributed by atoms with E-state index >= 15 is 0 Å². The Morgan fingerprint density at radius 2 is 1.90 bits per heavy atom. The standard InChI is InChI=1S/C15H28N4O2/c1-17-9-12-4-7-18(8-5-12)11-14(20)19-6-2-3-13(10-19)15(16)21/h12-13,17H,2-11H2,1H3,(H2,16,21). The van der Waals surface area contributed by atoms with Gasteiger partial charge in [0.15, 0.2) is 0 Å². The summed E-state index contributed by atoms with van der Waals surface area (Å²) in [6.45, 7) is 4.80. The Labute approximate surface area is 127 Å². The van der Waals surface area contributed by atoms with Crippen molar-refractivity contribution in [2.24, 2.45) is 17.6 Å². The highest BCUT2D eigenvalue weighted by atomic mass is 16.2. The molecular weight excluding hydrogens is 268 g/mol. The van der Waals surface area contributed by atoms with Crippen molar-refractivity contribution >= 4 is 11.8 Å². The summed E-state index contributed by atoms with van der Waals surface area (Å²) in [6.07, 6.45) is 3.99. The van der Waals surface area contributed by atoms with Crippen LogP contribution >= 0.6 is 0 Å². The molecule has 6 nitrogen and oxygen atoms in total. The molecule has 2 amide bonds. The summed E-state index contributed by atoms with van der Waals surface area (Å²) >= 11 is 0. The van der Waals surface area contributed by atoms with Crippen molar-refractivity contribution in [3.63, 3.8) is 0 Å². The normalized spacial score (nSPS) is 25.0. The second kappa shape index (κ2) is 7.75. The van der Waals surface area contributed by atoms with Gasteiger partial charge in [0.2, 0.25) is 11.8 Å². The van der Waals surface area contributed by atoms with Gasteiger partial charge in [0.25, 0.3) is 0 Å². The second-order valence-corrected chi connectivity index (χ2v) is 6.36. The smallest absolute Gasteiger partial charge is 0.236 e. The first-order valence-electron chi connectivity index (χ1n) is 8.04. The van der Waals surface area contributed by atoms with E-state index in [4.69, 9.17) is 5.73 Å². The molecule has 3 N–H and O–H groups in total. The van der Waals surface area contributed by atoms with Crippen LogP contribution in [0.15, 0.2) is 0 Å². The SMILES string of the molecule is CNCC1CCN(CC(=O)N2CCCC(C(N)=O)C2)CC1. The molecule has 2 saturated heterocycles. The average molecular weight is 296 g/mol. The van der Waals surface area contributed by atoms with Gasteiger partial charge >= 0.3 is 0 Å². The molecule has 1 atom stereocenters. The maximum absolute atomic E-state index is 12.4. The summed E-state index contributed by atoms with van der Waals surface area (Å²) in [5, 5.41) is 3.22. The third-order valence-corrected chi connectivity index (χ3v) is 4.74. The van der Waals surface area contributed by atoms with Crippen molar-refractivity contribution < 1.29 is 9.59 Å². The molecule has 6 heteroatoms. The highest BCUT2D eigenvalue weighted by Crippen LogP contribution is 2.18. The molecule has 2 aliphatic heterocycles. The quantitative estimate of drug-likeness (QED) is 0.726. The fourth-order valence-electron chi connectivity index (χ4n) is 3.36. The van der Waals surface area contributed by atoms with Crippen LogP contribution in [0.4, 0.5) is 0 Å². The Bertz CT molecular complexity index is 367. The van der Waals surface area contributed by atoms with Crippen molar-refractivity contribution in [3.05, 3.63) is 0 Å². The van der Waals surface area contributed by atoms with Crippen LogP contribution in [0.2, 0.25) is 0 Å². The maximum atomic E-state index is 12.4. The van der Waals surface area contributed by atoms with Crippen molar-refractivity contribution in [1.29, 1.82) is 0 Å². The average Bonchev–Trinajstić information content (AvgIpc) is 2.49. The Morgan fingerprint density at radius 1 is 1.19 bits per heavy atom. The number of piperidine rings is 2. The van der Waals surface area contributed by atoms with Crippen LogP contribution < -0.4 is 11.1 Å². The number of carbonyl (C=O) groups is 2. The summed E-state index contributed by atoms with van der Waals surface area (Å²) < 4.78 is 0. The first-order valence-corrected chi connectivity index (χ1v) is 8.04. The summed E-state index contributed by atoms with van der Waals surface area (Å²) in [6, 6.07) is 0. The van der Waals surface area contributed by atoms with Crippen molar-refractivity contribution in [3.8, 4) is 0 Å². The number of nitrogens with two attached hydrogens (primary N) is 1. The van der Waals surface area contributed by atoms with Gasteiger partial charge in [0.05, 0.1) is 12.5 Å². The van der Waals surface area contributed by atoms with Crippen molar-refractivity contribution in [2.45, 2.75) is 25.7 Å². The van der Waals surface area contributed by atoms with Crippen molar-refractivity contribution in [2.75, 3.05) is 46.3 Å². The molecule has 0 radical (unpaired) electrons. The van der Waals surface area contributed by atoms with Crippen molar-refractivity contribution in [1.82, 2.24) is 15.1 Å². The van der Waals surface area contributed by atoms with Crippen LogP contribution in [-0.2, 0) is 9.59 Å². The zero-order valence-electron chi connectivity index (χ0n) is 13.0. The summed E-state index contributed by atoms with van der Waals surface area (Å²) in [4.78, 5) is 27.7. The maximum Gasteiger partial charge on any atom is 0.236 e. The molecule has 0 saturated carbocycles. The lowest BCUT2D eigenvalue weighted by Crippen LogP contribution is -2.49. The molecule has 2 rings (SSSR count). The van der Waals surface area contributed by atoms with E-state index in [1.807, 2.05) is 11.9 Å². The molecule has 0 spiro atoms. The Hall–Kier alpha value is -1.14. The van der Waals surface area contributed by atoms with Crippen LogP contribution in [0, 0.1) is 11.8 Å². The Morgan fingerprint density at radius 3 is 2.52 bits per heavy atom. The van der Waals surface area contributed by atoms with Gasteiger partial charge in [-0.25, -0.2) is 0 Å². The van der Waals surface area contributed by atoms with Gasteiger partial charge in [-0.15, -0.1) is 0 Å². The molecule has 0 aromatic rings. The molecule has 2 aliphatic rings. The zero-order valence-corrected chi connectivity index (χ0v) is 13.0. The molecular formula is C15H28N4O2. The topological polar surface area (TPSA) is 78.7 Å². The van der Waals surface area contributed by atoms with Gasteiger partial charge in [0, 0.05) is 13.1 Å². The Kier molecular flexibility index (Phi) is 5.99. The predicted octanol–water partition coefficient (Wildman–Crippen LogP) is -0.358. The second-order valence-electron chi connectivity index (χ2n) is 6.36. The molecule has 120 valence electrons. The molecule has 0 aromatic heterocycles. The lowest BCUT2D eigenvalue weighted by molar-refractivity contribution is -0.136. The first kappa shape index (κ1) is 16.2. The van der Waals surface area contributed by atoms with E-state index in [-0.39, 0.29) is 17.7 Å². The van der Waals surface area contributed by atoms with Gasteiger partial charge in [-0.1, -0.05) is 0 Å². The van der Waals surface area contributed by atoms with Crippen LogP contribution in [0.1, 0.15) is 25.7 Å². The molecule has 0 aliphatic carbocycles. The number of nitrogens with zero attached hydrogens (tertiary/aromatic N) is 2. The lowest BCUT2D eigenvalue weighted by Gasteiger charge is -2.35. The van der Waals surface area contributed by atoms with E-state index in [1.54, 1.807) is 0 Å². The lowest BCUT2D eigenvalue weighted by atomic mass is 9.96. The van der Waals surface area contributed by atoms with E-state index in [0.29, 0.717) is 13.1 Å². The van der Waals surface area contributed by atoms with Crippen LogP contribution in [0.25, 0.3) is 0 Å². The zero-order chi connectivity index (χ0) is 15.2. The number of hydrogen-bond donors (Lipinski definition) is 2. The first-order chi connectivity index (χ1) is 10.1. The molecule has 1 unspecified atom stereocenters. The van der Waals surface area contributed by atoms with Gasteiger partial charge in [-0.3, -0.25) is 14.5 Å². The fraction of sp³-hybridized carbons (Fsp3) is 0.867. The summed E-state index contributed by atoms with van der Waals surface area (Å²) in [5.74, 6) is 0.438. The highest BCUT2D eigenvalue weighted by molar-refractivity contribution is 5.81. The number of hydrogen-bond acceptors (Lipinski definition) is 4. The molecule has 2 fully saturated rings. The Balaban J connectivity index is 1.75.